The van der Waals surface area contributed by atoms with Crippen LogP contribution < -0.4 is 10.6 Å². The standard InChI is InChI=1S/C17H24F2N2O2/c1-17(2,3)14-12(7-8-23-14)10-20-16(22)21-13-6-4-5-11(9-13)15(18)19/h4-6,9,12,14-15H,7-8,10H2,1-3H3,(H2,20,21,22)/t12-,14+/m1/s1. The van der Waals surface area contributed by atoms with Crippen LogP contribution in [-0.4, -0.2) is 25.3 Å². The predicted octanol–water partition coefficient (Wildman–Crippen LogP) is 4.20. The molecule has 1 fully saturated rings. The molecule has 2 rings (SSSR count). The molecular weight excluding hydrogens is 302 g/mol. The summed E-state index contributed by atoms with van der Waals surface area (Å²) < 4.78 is 31.1. The van der Waals surface area contributed by atoms with Crippen molar-refractivity contribution in [3.05, 3.63) is 29.8 Å². The Morgan fingerprint density at radius 1 is 1.39 bits per heavy atom. The van der Waals surface area contributed by atoms with Crippen molar-refractivity contribution < 1.29 is 18.3 Å². The number of carbonyl (C=O) groups is 1. The molecule has 23 heavy (non-hydrogen) atoms. The van der Waals surface area contributed by atoms with Crippen LogP contribution in [0.3, 0.4) is 0 Å². The molecule has 1 aliphatic rings. The zero-order valence-electron chi connectivity index (χ0n) is 13.7. The van der Waals surface area contributed by atoms with Gasteiger partial charge < -0.3 is 15.4 Å². The highest BCUT2D eigenvalue weighted by molar-refractivity contribution is 5.89. The Hall–Kier alpha value is -1.69. The van der Waals surface area contributed by atoms with E-state index in [-0.39, 0.29) is 23.0 Å². The molecule has 1 aromatic rings. The molecule has 0 bridgehead atoms. The van der Waals surface area contributed by atoms with E-state index in [1.165, 1.54) is 18.2 Å². The van der Waals surface area contributed by atoms with E-state index in [9.17, 15) is 13.6 Å². The summed E-state index contributed by atoms with van der Waals surface area (Å²) in [5.74, 6) is 0.258. The van der Waals surface area contributed by atoms with Crippen LogP contribution in [0.2, 0.25) is 0 Å². The van der Waals surface area contributed by atoms with Gasteiger partial charge in [0.2, 0.25) is 0 Å². The number of urea groups is 1. The maximum atomic E-state index is 12.6. The summed E-state index contributed by atoms with van der Waals surface area (Å²) in [5.41, 5.74) is 0.264. The van der Waals surface area contributed by atoms with Gasteiger partial charge in [0, 0.05) is 30.3 Å². The number of benzene rings is 1. The number of amides is 2. The second-order valence-corrected chi connectivity index (χ2v) is 6.97. The van der Waals surface area contributed by atoms with Crippen molar-refractivity contribution in [2.45, 2.75) is 39.7 Å². The van der Waals surface area contributed by atoms with Gasteiger partial charge in [0.1, 0.15) is 0 Å². The van der Waals surface area contributed by atoms with E-state index in [1.54, 1.807) is 6.07 Å². The molecule has 2 atom stereocenters. The van der Waals surface area contributed by atoms with Crippen LogP contribution in [-0.2, 0) is 4.74 Å². The van der Waals surface area contributed by atoms with Crippen molar-refractivity contribution >= 4 is 11.7 Å². The summed E-state index contributed by atoms with van der Waals surface area (Å²) in [6.07, 6.45) is -1.55. The molecule has 0 unspecified atom stereocenters. The Morgan fingerprint density at radius 2 is 2.13 bits per heavy atom. The maximum absolute atomic E-state index is 12.6. The third kappa shape index (κ3) is 4.89. The Kier molecular flexibility index (Phi) is 5.57. The van der Waals surface area contributed by atoms with Gasteiger partial charge in [0.15, 0.2) is 0 Å². The number of anilines is 1. The molecule has 0 spiro atoms. The highest BCUT2D eigenvalue weighted by Crippen LogP contribution is 2.34. The number of hydrogen-bond acceptors (Lipinski definition) is 2. The largest absolute Gasteiger partial charge is 0.377 e. The number of carbonyl (C=O) groups excluding carboxylic acids is 1. The number of ether oxygens (including phenoxy) is 1. The van der Waals surface area contributed by atoms with Crippen LogP contribution in [0.25, 0.3) is 0 Å². The zero-order valence-corrected chi connectivity index (χ0v) is 13.7. The summed E-state index contributed by atoms with van der Waals surface area (Å²) in [6, 6.07) is 5.30. The third-order valence-corrected chi connectivity index (χ3v) is 3.99. The summed E-state index contributed by atoms with van der Waals surface area (Å²) in [4.78, 5) is 12.0. The van der Waals surface area contributed by atoms with Crippen LogP contribution >= 0.6 is 0 Å². The summed E-state index contributed by atoms with van der Waals surface area (Å²) in [6.45, 7) is 7.55. The van der Waals surface area contributed by atoms with E-state index in [1.807, 2.05) is 0 Å². The van der Waals surface area contributed by atoms with Gasteiger partial charge in [0.25, 0.3) is 6.43 Å². The Labute approximate surface area is 135 Å². The fourth-order valence-electron chi connectivity index (χ4n) is 2.95. The second kappa shape index (κ2) is 7.25. The number of rotatable bonds is 4. The number of halogens is 2. The average Bonchev–Trinajstić information content (AvgIpc) is 2.94. The first-order valence-electron chi connectivity index (χ1n) is 7.82. The monoisotopic (exact) mass is 326 g/mol. The first-order chi connectivity index (χ1) is 10.8. The first-order valence-corrected chi connectivity index (χ1v) is 7.82. The van der Waals surface area contributed by atoms with Crippen LogP contribution in [0.5, 0.6) is 0 Å². The van der Waals surface area contributed by atoms with Crippen molar-refractivity contribution in [1.82, 2.24) is 5.32 Å². The van der Waals surface area contributed by atoms with Crippen LogP contribution in [0, 0.1) is 11.3 Å². The van der Waals surface area contributed by atoms with E-state index in [0.29, 0.717) is 18.8 Å². The van der Waals surface area contributed by atoms with Gasteiger partial charge in [0.05, 0.1) is 6.10 Å². The predicted molar refractivity (Wildman–Crippen MR) is 85.7 cm³/mol. The summed E-state index contributed by atoms with van der Waals surface area (Å²) in [7, 11) is 0. The fraction of sp³-hybridized carbons (Fsp3) is 0.588. The normalized spacial score (nSPS) is 21.5. The lowest BCUT2D eigenvalue weighted by Gasteiger charge is -2.31. The molecule has 2 amide bonds. The molecule has 6 heteroatoms. The molecule has 1 aromatic carbocycles. The molecule has 0 aromatic heterocycles. The highest BCUT2D eigenvalue weighted by atomic mass is 19.3. The lowest BCUT2D eigenvalue weighted by atomic mass is 9.81. The van der Waals surface area contributed by atoms with Gasteiger partial charge in [-0.05, 0) is 24.0 Å². The van der Waals surface area contributed by atoms with Crippen molar-refractivity contribution in [3.8, 4) is 0 Å². The molecule has 4 nitrogen and oxygen atoms in total. The van der Waals surface area contributed by atoms with E-state index >= 15 is 0 Å². The Morgan fingerprint density at radius 3 is 2.78 bits per heavy atom. The third-order valence-electron chi connectivity index (χ3n) is 3.99. The highest BCUT2D eigenvalue weighted by Gasteiger charge is 2.37. The van der Waals surface area contributed by atoms with Crippen molar-refractivity contribution in [3.63, 3.8) is 0 Å². The quantitative estimate of drug-likeness (QED) is 0.871. The van der Waals surface area contributed by atoms with Crippen molar-refractivity contribution in [2.24, 2.45) is 11.3 Å². The first kappa shape index (κ1) is 17.7. The molecule has 128 valence electrons. The lowest BCUT2D eigenvalue weighted by Crippen LogP contribution is -2.40. The minimum absolute atomic E-state index is 0.0188. The van der Waals surface area contributed by atoms with Gasteiger partial charge in [-0.2, -0.15) is 0 Å². The SMILES string of the molecule is CC(C)(C)[C@H]1OCC[C@@H]1CNC(=O)Nc1cccc(C(F)F)c1. The van der Waals surface area contributed by atoms with Gasteiger partial charge in [-0.3, -0.25) is 0 Å². The Balaban J connectivity index is 1.87. The molecule has 2 N–H and O–H groups in total. The van der Waals surface area contributed by atoms with Gasteiger partial charge in [-0.15, -0.1) is 0 Å². The maximum Gasteiger partial charge on any atom is 0.319 e. The molecular formula is C17H24F2N2O2. The van der Waals surface area contributed by atoms with Crippen molar-refractivity contribution in [1.29, 1.82) is 0 Å². The minimum atomic E-state index is -2.55. The fourth-order valence-corrected chi connectivity index (χ4v) is 2.95. The number of alkyl halides is 2. The smallest absolute Gasteiger partial charge is 0.319 e. The minimum Gasteiger partial charge on any atom is -0.377 e. The van der Waals surface area contributed by atoms with E-state index in [0.717, 1.165) is 6.42 Å². The average molecular weight is 326 g/mol. The van der Waals surface area contributed by atoms with Crippen molar-refractivity contribution in [2.75, 3.05) is 18.5 Å². The van der Waals surface area contributed by atoms with E-state index in [2.05, 4.69) is 31.4 Å². The molecule has 0 saturated carbocycles. The van der Waals surface area contributed by atoms with Gasteiger partial charge >= 0.3 is 6.03 Å². The van der Waals surface area contributed by atoms with Gasteiger partial charge in [-0.1, -0.05) is 32.9 Å². The second-order valence-electron chi connectivity index (χ2n) is 6.97. The van der Waals surface area contributed by atoms with Crippen LogP contribution in [0.1, 0.15) is 39.2 Å². The van der Waals surface area contributed by atoms with E-state index in [4.69, 9.17) is 4.74 Å². The molecule has 1 aliphatic heterocycles. The molecule has 0 aliphatic carbocycles. The van der Waals surface area contributed by atoms with Gasteiger partial charge in [-0.25, -0.2) is 13.6 Å². The zero-order chi connectivity index (χ0) is 17.0. The Bertz CT molecular complexity index is 544. The molecule has 1 saturated heterocycles. The summed E-state index contributed by atoms with van der Waals surface area (Å²) >= 11 is 0. The van der Waals surface area contributed by atoms with Crippen LogP contribution in [0.15, 0.2) is 24.3 Å². The van der Waals surface area contributed by atoms with Crippen LogP contribution in [0.4, 0.5) is 19.3 Å². The number of hydrogen-bond donors (Lipinski definition) is 2. The molecule has 1 heterocycles. The topological polar surface area (TPSA) is 50.4 Å². The molecule has 0 radical (unpaired) electrons. The summed E-state index contributed by atoms with van der Waals surface area (Å²) in [5, 5.41) is 5.40. The number of nitrogens with one attached hydrogen (secondary N) is 2. The van der Waals surface area contributed by atoms with E-state index < -0.39 is 12.5 Å². The lowest BCUT2D eigenvalue weighted by molar-refractivity contribution is 0.00782.